The van der Waals surface area contributed by atoms with E-state index >= 15 is 0 Å². The third-order valence-corrected chi connectivity index (χ3v) is 1.50. The van der Waals surface area contributed by atoms with Crippen LogP contribution in [0.15, 0.2) is 24.3 Å². The average molecular weight is 160 g/mol. The standard InChI is InChI=1S/C11H12O/c1-10-5-7-11(8-6-10)4-3-9-12-2/h5-8H,9H2,1-2H3. The van der Waals surface area contributed by atoms with Crippen molar-refractivity contribution in [2.24, 2.45) is 0 Å². The Morgan fingerprint density at radius 1 is 1.25 bits per heavy atom. The molecule has 0 aliphatic rings. The first-order valence-electron chi connectivity index (χ1n) is 3.87. The van der Waals surface area contributed by atoms with Gasteiger partial charge in [-0.25, -0.2) is 0 Å². The van der Waals surface area contributed by atoms with Crippen molar-refractivity contribution >= 4 is 0 Å². The number of hydrogen-bond acceptors (Lipinski definition) is 1. The average Bonchev–Trinajstić information content (AvgIpc) is 2.09. The summed E-state index contributed by atoms with van der Waals surface area (Å²) in [6.07, 6.45) is 0. The van der Waals surface area contributed by atoms with Crippen LogP contribution in [0.25, 0.3) is 0 Å². The second-order valence-corrected chi connectivity index (χ2v) is 2.60. The molecule has 1 rings (SSSR count). The van der Waals surface area contributed by atoms with Crippen LogP contribution >= 0.6 is 0 Å². The number of methoxy groups -OCH3 is 1. The maximum atomic E-state index is 4.81. The molecule has 0 aromatic heterocycles. The van der Waals surface area contributed by atoms with Gasteiger partial charge in [0.25, 0.3) is 0 Å². The van der Waals surface area contributed by atoms with Gasteiger partial charge in [0.05, 0.1) is 0 Å². The van der Waals surface area contributed by atoms with Gasteiger partial charge in [0.2, 0.25) is 0 Å². The molecule has 0 fully saturated rings. The van der Waals surface area contributed by atoms with E-state index in [0.717, 1.165) is 5.56 Å². The lowest BCUT2D eigenvalue weighted by Gasteiger charge is -1.91. The van der Waals surface area contributed by atoms with Crippen molar-refractivity contribution in [1.82, 2.24) is 0 Å². The highest BCUT2D eigenvalue weighted by molar-refractivity contribution is 5.35. The summed E-state index contributed by atoms with van der Waals surface area (Å²) >= 11 is 0. The molecule has 1 heteroatoms. The SMILES string of the molecule is COCC#Cc1ccc(C)cc1. The van der Waals surface area contributed by atoms with Crippen molar-refractivity contribution in [3.8, 4) is 11.8 Å². The van der Waals surface area contributed by atoms with Gasteiger partial charge in [-0.2, -0.15) is 0 Å². The van der Waals surface area contributed by atoms with E-state index in [-0.39, 0.29) is 0 Å². The number of hydrogen-bond donors (Lipinski definition) is 0. The van der Waals surface area contributed by atoms with Gasteiger partial charge in [0.15, 0.2) is 0 Å². The van der Waals surface area contributed by atoms with Gasteiger partial charge in [-0.05, 0) is 19.1 Å². The molecule has 1 aromatic carbocycles. The predicted molar refractivity (Wildman–Crippen MR) is 49.9 cm³/mol. The highest BCUT2D eigenvalue weighted by atomic mass is 16.5. The van der Waals surface area contributed by atoms with Gasteiger partial charge in [0.1, 0.15) is 6.61 Å². The fourth-order valence-electron chi connectivity index (χ4n) is 0.847. The van der Waals surface area contributed by atoms with Crippen LogP contribution in [0.1, 0.15) is 11.1 Å². The van der Waals surface area contributed by atoms with Gasteiger partial charge in [-0.3, -0.25) is 0 Å². The van der Waals surface area contributed by atoms with E-state index in [1.54, 1.807) is 7.11 Å². The van der Waals surface area contributed by atoms with Gasteiger partial charge >= 0.3 is 0 Å². The zero-order valence-corrected chi connectivity index (χ0v) is 7.42. The van der Waals surface area contributed by atoms with E-state index < -0.39 is 0 Å². The Kier molecular flexibility index (Phi) is 3.37. The van der Waals surface area contributed by atoms with E-state index in [1.165, 1.54) is 5.56 Å². The fourth-order valence-corrected chi connectivity index (χ4v) is 0.847. The Labute approximate surface area is 73.4 Å². The second-order valence-electron chi connectivity index (χ2n) is 2.60. The molecular formula is C11H12O. The van der Waals surface area contributed by atoms with Crippen LogP contribution in [0.4, 0.5) is 0 Å². The molecule has 0 spiro atoms. The Hall–Kier alpha value is -1.26. The van der Waals surface area contributed by atoms with Gasteiger partial charge < -0.3 is 4.74 Å². The van der Waals surface area contributed by atoms with E-state index in [9.17, 15) is 0 Å². The number of benzene rings is 1. The molecule has 0 bridgehead atoms. The molecule has 0 unspecified atom stereocenters. The molecule has 0 N–H and O–H groups in total. The Morgan fingerprint density at radius 2 is 1.92 bits per heavy atom. The maximum Gasteiger partial charge on any atom is 0.107 e. The third kappa shape index (κ3) is 2.77. The first-order chi connectivity index (χ1) is 5.83. The molecule has 0 amide bonds. The smallest absolute Gasteiger partial charge is 0.107 e. The van der Waals surface area contributed by atoms with Crippen LogP contribution in [-0.4, -0.2) is 13.7 Å². The van der Waals surface area contributed by atoms with Gasteiger partial charge in [-0.1, -0.05) is 29.5 Å². The molecule has 0 aliphatic carbocycles. The summed E-state index contributed by atoms with van der Waals surface area (Å²) in [6, 6.07) is 8.13. The quantitative estimate of drug-likeness (QED) is 0.571. The largest absolute Gasteiger partial charge is 0.372 e. The molecule has 0 radical (unpaired) electrons. The summed E-state index contributed by atoms with van der Waals surface area (Å²) in [7, 11) is 1.64. The molecule has 0 saturated heterocycles. The number of rotatable bonds is 1. The predicted octanol–water partition coefficient (Wildman–Crippen LogP) is 1.99. The Morgan fingerprint density at radius 3 is 2.50 bits per heavy atom. The zero-order valence-electron chi connectivity index (χ0n) is 7.42. The van der Waals surface area contributed by atoms with Crippen molar-refractivity contribution in [1.29, 1.82) is 0 Å². The van der Waals surface area contributed by atoms with Crippen LogP contribution in [0.3, 0.4) is 0 Å². The van der Waals surface area contributed by atoms with Crippen molar-refractivity contribution in [2.45, 2.75) is 6.92 Å². The van der Waals surface area contributed by atoms with Crippen molar-refractivity contribution in [2.75, 3.05) is 13.7 Å². The van der Waals surface area contributed by atoms with Gasteiger partial charge in [-0.15, -0.1) is 0 Å². The van der Waals surface area contributed by atoms with Crippen LogP contribution in [-0.2, 0) is 4.74 Å². The molecule has 0 aliphatic heterocycles. The summed E-state index contributed by atoms with van der Waals surface area (Å²) in [4.78, 5) is 0. The Balaban J connectivity index is 2.66. The maximum absolute atomic E-state index is 4.81. The summed E-state index contributed by atoms with van der Waals surface area (Å²) in [6.45, 7) is 2.56. The first kappa shape index (κ1) is 8.83. The third-order valence-electron chi connectivity index (χ3n) is 1.50. The van der Waals surface area contributed by atoms with Crippen LogP contribution in [0.5, 0.6) is 0 Å². The summed E-state index contributed by atoms with van der Waals surface area (Å²) in [5.41, 5.74) is 2.30. The van der Waals surface area contributed by atoms with E-state index in [4.69, 9.17) is 4.74 Å². The van der Waals surface area contributed by atoms with Crippen LogP contribution < -0.4 is 0 Å². The van der Waals surface area contributed by atoms with E-state index in [2.05, 4.69) is 30.9 Å². The van der Waals surface area contributed by atoms with Crippen molar-refractivity contribution < 1.29 is 4.74 Å². The highest BCUT2D eigenvalue weighted by Gasteiger charge is 1.84. The topological polar surface area (TPSA) is 9.23 Å². The highest BCUT2D eigenvalue weighted by Crippen LogP contribution is 2.00. The summed E-state index contributed by atoms with van der Waals surface area (Å²) in [5, 5.41) is 0. The molecule has 12 heavy (non-hydrogen) atoms. The first-order valence-corrected chi connectivity index (χ1v) is 3.87. The molecule has 62 valence electrons. The molecule has 0 atom stereocenters. The molecule has 1 nitrogen and oxygen atoms in total. The van der Waals surface area contributed by atoms with Crippen molar-refractivity contribution in [3.63, 3.8) is 0 Å². The minimum absolute atomic E-state index is 0.494. The second kappa shape index (κ2) is 4.58. The lowest BCUT2D eigenvalue weighted by molar-refractivity contribution is 0.240. The van der Waals surface area contributed by atoms with Gasteiger partial charge in [0, 0.05) is 12.7 Å². The van der Waals surface area contributed by atoms with Crippen LogP contribution in [0.2, 0.25) is 0 Å². The molecule has 0 saturated carbocycles. The lowest BCUT2D eigenvalue weighted by atomic mass is 10.2. The lowest BCUT2D eigenvalue weighted by Crippen LogP contribution is -1.81. The minimum Gasteiger partial charge on any atom is -0.372 e. The number of ether oxygens (including phenoxy) is 1. The van der Waals surface area contributed by atoms with Crippen LogP contribution in [0, 0.1) is 18.8 Å². The molecular weight excluding hydrogens is 148 g/mol. The fraction of sp³-hybridized carbons (Fsp3) is 0.273. The van der Waals surface area contributed by atoms with Crippen molar-refractivity contribution in [3.05, 3.63) is 35.4 Å². The number of aryl methyl sites for hydroxylation is 1. The van der Waals surface area contributed by atoms with E-state index in [1.807, 2.05) is 12.1 Å². The Bertz CT molecular complexity index is 287. The molecule has 1 aromatic rings. The zero-order chi connectivity index (χ0) is 8.81. The minimum atomic E-state index is 0.494. The summed E-state index contributed by atoms with van der Waals surface area (Å²) < 4.78 is 4.81. The normalized spacial score (nSPS) is 8.83. The monoisotopic (exact) mass is 160 g/mol. The van der Waals surface area contributed by atoms with E-state index in [0.29, 0.717) is 6.61 Å². The molecule has 0 heterocycles. The summed E-state index contributed by atoms with van der Waals surface area (Å²) in [5.74, 6) is 5.90.